The second-order valence-electron chi connectivity index (χ2n) is 7.16. The zero-order valence-electron chi connectivity index (χ0n) is 17.3. The average molecular weight is 401 g/mol. The molecular weight excluding hydrogens is 368 g/mol. The summed E-state index contributed by atoms with van der Waals surface area (Å²) in [5.74, 6) is 2.09. The van der Waals surface area contributed by atoms with Crippen LogP contribution in [0.15, 0.2) is 52.1 Å². The minimum Gasteiger partial charge on any atom is -0.497 e. The topological polar surface area (TPSA) is 82.3 Å². The lowest BCUT2D eigenvalue weighted by Gasteiger charge is -2.27. The second-order valence-corrected chi connectivity index (χ2v) is 7.16. The zero-order valence-corrected chi connectivity index (χ0v) is 17.3. The molecule has 0 saturated carbocycles. The minimum atomic E-state index is -0.718. The van der Waals surface area contributed by atoms with Crippen molar-refractivity contribution < 1.29 is 14.3 Å². The van der Waals surface area contributed by atoms with Gasteiger partial charge in [0.15, 0.2) is 5.96 Å². The van der Waals surface area contributed by atoms with Gasteiger partial charge in [-0.3, -0.25) is 9.89 Å². The maximum absolute atomic E-state index is 10.2. The highest BCUT2D eigenvalue weighted by Gasteiger charge is 2.23. The SMILES string of the molecule is CCNC(=NCC(c1ccc(OC)cc1)N1CCCC1)NCC(O)c1ccco1. The van der Waals surface area contributed by atoms with Gasteiger partial charge in [0.2, 0.25) is 0 Å². The predicted octanol–water partition coefficient (Wildman–Crippen LogP) is 2.71. The van der Waals surface area contributed by atoms with E-state index >= 15 is 0 Å². The number of nitrogens with zero attached hydrogens (tertiary/aromatic N) is 2. The van der Waals surface area contributed by atoms with E-state index in [1.54, 1.807) is 25.5 Å². The van der Waals surface area contributed by atoms with Crippen molar-refractivity contribution in [3.8, 4) is 5.75 Å². The van der Waals surface area contributed by atoms with Gasteiger partial charge in [-0.15, -0.1) is 0 Å². The predicted molar refractivity (Wildman–Crippen MR) is 114 cm³/mol. The summed E-state index contributed by atoms with van der Waals surface area (Å²) in [6.45, 7) is 5.93. The Labute approximate surface area is 172 Å². The Hall–Kier alpha value is -2.51. The van der Waals surface area contributed by atoms with Crippen molar-refractivity contribution in [2.45, 2.75) is 31.9 Å². The van der Waals surface area contributed by atoms with E-state index in [-0.39, 0.29) is 6.04 Å². The number of aliphatic hydroxyl groups is 1. The van der Waals surface area contributed by atoms with Crippen molar-refractivity contribution in [3.05, 3.63) is 54.0 Å². The number of ether oxygens (including phenoxy) is 1. The van der Waals surface area contributed by atoms with E-state index in [1.807, 2.05) is 19.1 Å². The summed E-state index contributed by atoms with van der Waals surface area (Å²) in [6, 6.07) is 12.0. The summed E-state index contributed by atoms with van der Waals surface area (Å²) < 4.78 is 10.6. The molecule has 1 aliphatic rings. The number of furan rings is 1. The van der Waals surface area contributed by atoms with Gasteiger partial charge in [-0.2, -0.15) is 0 Å². The molecule has 0 amide bonds. The standard InChI is InChI=1S/C22H32N4O3/c1-3-23-22(25-16-20(27)21-7-6-14-29-21)24-15-19(26-12-4-5-13-26)17-8-10-18(28-2)11-9-17/h6-11,14,19-20,27H,3-5,12-13,15-16H2,1-2H3,(H2,23,24,25). The molecule has 1 saturated heterocycles. The fraction of sp³-hybridized carbons (Fsp3) is 0.500. The van der Waals surface area contributed by atoms with E-state index in [0.717, 1.165) is 25.4 Å². The summed E-state index contributed by atoms with van der Waals surface area (Å²) in [5.41, 5.74) is 1.24. The molecule has 7 nitrogen and oxygen atoms in total. The van der Waals surface area contributed by atoms with Gasteiger partial charge in [0.25, 0.3) is 0 Å². The summed E-state index contributed by atoms with van der Waals surface area (Å²) in [7, 11) is 1.68. The highest BCUT2D eigenvalue weighted by Crippen LogP contribution is 2.27. The first-order chi connectivity index (χ1) is 14.2. The van der Waals surface area contributed by atoms with Gasteiger partial charge in [-0.1, -0.05) is 12.1 Å². The molecule has 2 aromatic rings. The van der Waals surface area contributed by atoms with E-state index in [2.05, 4.69) is 27.7 Å². The number of nitrogens with one attached hydrogen (secondary N) is 2. The highest BCUT2D eigenvalue weighted by atomic mass is 16.5. The number of methoxy groups -OCH3 is 1. The molecule has 0 bridgehead atoms. The Bertz CT molecular complexity index is 740. The van der Waals surface area contributed by atoms with Gasteiger partial charge >= 0.3 is 0 Å². The molecule has 0 radical (unpaired) electrons. The first-order valence-corrected chi connectivity index (χ1v) is 10.3. The summed E-state index contributed by atoms with van der Waals surface area (Å²) >= 11 is 0. The maximum atomic E-state index is 10.2. The Morgan fingerprint density at radius 1 is 1.21 bits per heavy atom. The molecule has 1 fully saturated rings. The number of guanidine groups is 1. The van der Waals surface area contributed by atoms with Gasteiger partial charge < -0.3 is 24.9 Å². The van der Waals surface area contributed by atoms with Crippen LogP contribution < -0.4 is 15.4 Å². The fourth-order valence-corrected chi connectivity index (χ4v) is 3.61. The van der Waals surface area contributed by atoms with Crippen LogP contribution in [0.2, 0.25) is 0 Å². The van der Waals surface area contributed by atoms with Gasteiger partial charge in [0, 0.05) is 6.54 Å². The van der Waals surface area contributed by atoms with Gasteiger partial charge in [0.1, 0.15) is 17.6 Å². The summed E-state index contributed by atoms with van der Waals surface area (Å²) in [6.07, 6.45) is 3.30. The molecule has 3 N–H and O–H groups in total. The van der Waals surface area contributed by atoms with Crippen molar-refractivity contribution >= 4 is 5.96 Å². The van der Waals surface area contributed by atoms with Crippen LogP contribution in [0.5, 0.6) is 5.75 Å². The molecule has 29 heavy (non-hydrogen) atoms. The molecule has 3 rings (SSSR count). The van der Waals surface area contributed by atoms with Crippen molar-refractivity contribution in [2.24, 2.45) is 4.99 Å². The summed E-state index contributed by atoms with van der Waals surface area (Å²) in [4.78, 5) is 7.30. The van der Waals surface area contributed by atoms with Crippen LogP contribution >= 0.6 is 0 Å². The Morgan fingerprint density at radius 3 is 2.59 bits per heavy atom. The third-order valence-electron chi connectivity index (χ3n) is 5.18. The van der Waals surface area contributed by atoms with Crippen LogP contribution in [-0.4, -0.2) is 55.8 Å². The van der Waals surface area contributed by atoms with E-state index in [0.29, 0.717) is 24.8 Å². The molecule has 0 spiro atoms. The van der Waals surface area contributed by atoms with Crippen LogP contribution in [0.25, 0.3) is 0 Å². The molecule has 1 aromatic heterocycles. The quantitative estimate of drug-likeness (QED) is 0.444. The number of benzene rings is 1. The first-order valence-electron chi connectivity index (χ1n) is 10.3. The van der Waals surface area contributed by atoms with E-state index in [4.69, 9.17) is 14.1 Å². The molecule has 2 unspecified atom stereocenters. The molecule has 2 atom stereocenters. The number of aliphatic hydroxyl groups excluding tert-OH is 1. The van der Waals surface area contributed by atoms with Crippen LogP contribution in [0.1, 0.15) is 43.2 Å². The normalized spacial score (nSPS) is 17.1. The molecule has 158 valence electrons. The fourth-order valence-electron chi connectivity index (χ4n) is 3.61. The van der Waals surface area contributed by atoms with E-state index < -0.39 is 6.10 Å². The smallest absolute Gasteiger partial charge is 0.191 e. The first kappa shape index (κ1) is 21.2. The molecule has 7 heteroatoms. The van der Waals surface area contributed by atoms with Crippen LogP contribution in [0.3, 0.4) is 0 Å². The number of hydrogen-bond acceptors (Lipinski definition) is 5. The van der Waals surface area contributed by atoms with Gasteiger partial charge in [-0.25, -0.2) is 0 Å². The molecule has 2 heterocycles. The molecule has 0 aliphatic carbocycles. The maximum Gasteiger partial charge on any atom is 0.191 e. The largest absolute Gasteiger partial charge is 0.497 e. The average Bonchev–Trinajstić information content (AvgIpc) is 3.46. The lowest BCUT2D eigenvalue weighted by Crippen LogP contribution is -2.40. The van der Waals surface area contributed by atoms with Crippen molar-refractivity contribution in [1.29, 1.82) is 0 Å². The Kier molecular flexibility index (Phi) is 7.95. The van der Waals surface area contributed by atoms with Crippen LogP contribution in [0.4, 0.5) is 0 Å². The third-order valence-corrected chi connectivity index (χ3v) is 5.18. The summed E-state index contributed by atoms with van der Waals surface area (Å²) in [5, 5.41) is 16.7. The zero-order chi connectivity index (χ0) is 20.5. The lowest BCUT2D eigenvalue weighted by molar-refractivity contribution is 0.153. The van der Waals surface area contributed by atoms with Crippen LogP contribution in [-0.2, 0) is 0 Å². The molecule has 1 aliphatic heterocycles. The van der Waals surface area contributed by atoms with Crippen molar-refractivity contribution in [1.82, 2.24) is 15.5 Å². The number of hydrogen-bond donors (Lipinski definition) is 3. The molecular formula is C22H32N4O3. The Morgan fingerprint density at radius 2 is 1.97 bits per heavy atom. The lowest BCUT2D eigenvalue weighted by atomic mass is 10.1. The van der Waals surface area contributed by atoms with Crippen molar-refractivity contribution in [3.63, 3.8) is 0 Å². The van der Waals surface area contributed by atoms with Crippen LogP contribution in [0, 0.1) is 0 Å². The van der Waals surface area contributed by atoms with Gasteiger partial charge in [-0.05, 0) is 62.7 Å². The highest BCUT2D eigenvalue weighted by molar-refractivity contribution is 5.79. The minimum absolute atomic E-state index is 0.217. The van der Waals surface area contributed by atoms with E-state index in [9.17, 15) is 5.11 Å². The molecule has 1 aromatic carbocycles. The number of aliphatic imine (C=N–C) groups is 1. The van der Waals surface area contributed by atoms with E-state index in [1.165, 1.54) is 18.4 Å². The monoisotopic (exact) mass is 400 g/mol. The second kappa shape index (κ2) is 10.9. The number of rotatable bonds is 9. The number of likely N-dealkylation sites (tertiary alicyclic amines) is 1. The third kappa shape index (κ3) is 5.98. The van der Waals surface area contributed by atoms with Gasteiger partial charge in [0.05, 0.1) is 32.5 Å². The van der Waals surface area contributed by atoms with Crippen molar-refractivity contribution in [2.75, 3.05) is 39.8 Å². The Balaban J connectivity index is 1.68.